The highest BCUT2D eigenvalue weighted by atomic mass is 16.6. The van der Waals surface area contributed by atoms with Crippen LogP contribution >= 0.6 is 0 Å². The Morgan fingerprint density at radius 2 is 1.13 bits per heavy atom. The number of hydrogen-bond donors (Lipinski definition) is 1. The van der Waals surface area contributed by atoms with Crippen molar-refractivity contribution >= 4 is 11.9 Å². The van der Waals surface area contributed by atoms with Gasteiger partial charge in [-0.25, -0.2) is 0 Å². The maximum atomic E-state index is 11.5. The number of amides is 1. The van der Waals surface area contributed by atoms with E-state index < -0.39 is 0 Å². The van der Waals surface area contributed by atoms with Crippen LogP contribution < -0.4 is 5.32 Å². The van der Waals surface area contributed by atoms with E-state index in [-0.39, 0.29) is 17.5 Å². The lowest BCUT2D eigenvalue weighted by Crippen LogP contribution is -2.23. The fourth-order valence-corrected chi connectivity index (χ4v) is 2.49. The molecule has 136 valence electrons. The standard InChI is InChI=1S/C19H37NO3/c1-19(2,3)23-18(22)16-14-12-10-8-6-5-7-9-11-13-15-17(21)20-4/h5-16H2,1-4H3,(H,20,21). The molecule has 1 amide bonds. The third-order valence-electron chi connectivity index (χ3n) is 3.73. The van der Waals surface area contributed by atoms with Crippen molar-refractivity contribution in [3.63, 3.8) is 0 Å². The van der Waals surface area contributed by atoms with E-state index in [2.05, 4.69) is 5.32 Å². The van der Waals surface area contributed by atoms with Gasteiger partial charge in [0.05, 0.1) is 0 Å². The van der Waals surface area contributed by atoms with Crippen LogP contribution in [-0.2, 0) is 14.3 Å². The highest BCUT2D eigenvalue weighted by Crippen LogP contribution is 2.13. The molecule has 0 rings (SSSR count). The Morgan fingerprint density at radius 1 is 0.739 bits per heavy atom. The Balaban J connectivity index is 3.22. The van der Waals surface area contributed by atoms with Crippen molar-refractivity contribution in [1.29, 1.82) is 0 Å². The summed E-state index contributed by atoms with van der Waals surface area (Å²) in [5.41, 5.74) is -0.364. The monoisotopic (exact) mass is 327 g/mol. The second kappa shape index (κ2) is 13.4. The van der Waals surface area contributed by atoms with Crippen molar-refractivity contribution in [3.05, 3.63) is 0 Å². The zero-order valence-corrected chi connectivity index (χ0v) is 15.7. The van der Waals surface area contributed by atoms with E-state index in [1.54, 1.807) is 7.05 Å². The largest absolute Gasteiger partial charge is 0.460 e. The van der Waals surface area contributed by atoms with Gasteiger partial charge in [-0.15, -0.1) is 0 Å². The molecule has 0 saturated heterocycles. The van der Waals surface area contributed by atoms with E-state index in [0.29, 0.717) is 12.8 Å². The van der Waals surface area contributed by atoms with Crippen molar-refractivity contribution < 1.29 is 14.3 Å². The van der Waals surface area contributed by atoms with E-state index in [1.165, 1.54) is 38.5 Å². The minimum atomic E-state index is -0.364. The van der Waals surface area contributed by atoms with E-state index in [1.807, 2.05) is 20.8 Å². The maximum absolute atomic E-state index is 11.5. The summed E-state index contributed by atoms with van der Waals surface area (Å²) in [6.45, 7) is 5.72. The summed E-state index contributed by atoms with van der Waals surface area (Å²) < 4.78 is 5.29. The highest BCUT2D eigenvalue weighted by Gasteiger charge is 2.15. The minimum Gasteiger partial charge on any atom is -0.460 e. The normalized spacial score (nSPS) is 11.3. The number of nitrogens with one attached hydrogen (secondary N) is 1. The van der Waals surface area contributed by atoms with Gasteiger partial charge >= 0.3 is 5.97 Å². The first kappa shape index (κ1) is 21.9. The molecular formula is C19H37NO3. The first-order valence-electron chi connectivity index (χ1n) is 9.27. The van der Waals surface area contributed by atoms with Crippen LogP contribution in [0, 0.1) is 0 Å². The van der Waals surface area contributed by atoms with Crippen LogP contribution in [0.3, 0.4) is 0 Å². The van der Waals surface area contributed by atoms with Crippen LogP contribution in [0.1, 0.15) is 97.8 Å². The Kier molecular flexibility index (Phi) is 12.8. The summed E-state index contributed by atoms with van der Waals surface area (Å²) in [5, 5.41) is 2.65. The second-order valence-corrected chi connectivity index (χ2v) is 7.30. The van der Waals surface area contributed by atoms with Gasteiger partial charge in [0.1, 0.15) is 5.60 Å². The predicted molar refractivity (Wildman–Crippen MR) is 95.3 cm³/mol. The third-order valence-corrected chi connectivity index (χ3v) is 3.73. The van der Waals surface area contributed by atoms with E-state index in [9.17, 15) is 9.59 Å². The number of carbonyl (C=O) groups excluding carboxylic acids is 2. The molecule has 0 aromatic rings. The Morgan fingerprint density at radius 3 is 1.52 bits per heavy atom. The summed E-state index contributed by atoms with van der Waals surface area (Å²) in [7, 11) is 1.69. The van der Waals surface area contributed by atoms with Crippen LogP contribution in [0.5, 0.6) is 0 Å². The molecule has 23 heavy (non-hydrogen) atoms. The topological polar surface area (TPSA) is 55.4 Å². The van der Waals surface area contributed by atoms with Gasteiger partial charge < -0.3 is 10.1 Å². The molecule has 0 aliphatic heterocycles. The molecule has 0 aliphatic carbocycles. The quantitative estimate of drug-likeness (QED) is 0.392. The molecule has 0 aromatic heterocycles. The van der Waals surface area contributed by atoms with Gasteiger partial charge in [-0.1, -0.05) is 51.4 Å². The molecule has 0 spiro atoms. The molecular weight excluding hydrogens is 290 g/mol. The SMILES string of the molecule is CNC(=O)CCCCCCCCCCCCC(=O)OC(C)(C)C. The molecule has 0 fully saturated rings. The molecule has 1 N–H and O–H groups in total. The third kappa shape index (κ3) is 17.1. The number of rotatable bonds is 13. The van der Waals surface area contributed by atoms with Crippen molar-refractivity contribution in [1.82, 2.24) is 5.32 Å². The lowest BCUT2D eigenvalue weighted by Gasteiger charge is -2.19. The second-order valence-electron chi connectivity index (χ2n) is 7.30. The van der Waals surface area contributed by atoms with Crippen molar-refractivity contribution in [3.8, 4) is 0 Å². The fourth-order valence-electron chi connectivity index (χ4n) is 2.49. The summed E-state index contributed by atoms with van der Waals surface area (Å²) >= 11 is 0. The Hall–Kier alpha value is -1.06. The molecule has 0 aliphatic rings. The first-order chi connectivity index (χ1) is 10.8. The molecule has 0 bridgehead atoms. The Labute approximate surface area is 142 Å². The first-order valence-corrected chi connectivity index (χ1v) is 9.27. The zero-order valence-electron chi connectivity index (χ0n) is 15.7. The van der Waals surface area contributed by atoms with Gasteiger partial charge in [0.25, 0.3) is 0 Å². The van der Waals surface area contributed by atoms with Crippen LogP contribution in [0.25, 0.3) is 0 Å². The highest BCUT2D eigenvalue weighted by molar-refractivity contribution is 5.75. The van der Waals surface area contributed by atoms with E-state index in [0.717, 1.165) is 25.7 Å². The smallest absolute Gasteiger partial charge is 0.306 e. The molecule has 0 aromatic carbocycles. The van der Waals surface area contributed by atoms with Crippen LogP contribution in [0.4, 0.5) is 0 Å². The Bertz CT molecular complexity index is 321. The number of esters is 1. The number of ether oxygens (including phenoxy) is 1. The van der Waals surface area contributed by atoms with Crippen molar-refractivity contribution in [2.24, 2.45) is 0 Å². The van der Waals surface area contributed by atoms with Crippen molar-refractivity contribution in [2.45, 2.75) is 103 Å². The molecule has 0 heterocycles. The lowest BCUT2D eigenvalue weighted by molar-refractivity contribution is -0.154. The number of hydrogen-bond acceptors (Lipinski definition) is 3. The van der Waals surface area contributed by atoms with Gasteiger partial charge in [0.2, 0.25) is 5.91 Å². The summed E-state index contributed by atoms with van der Waals surface area (Å²) in [6.07, 6.45) is 12.9. The predicted octanol–water partition coefficient (Wildman–Crippen LogP) is 4.76. The summed E-state index contributed by atoms with van der Waals surface area (Å²) in [5.74, 6) is 0.0747. The van der Waals surface area contributed by atoms with Crippen LogP contribution in [-0.4, -0.2) is 24.5 Å². The van der Waals surface area contributed by atoms with E-state index in [4.69, 9.17) is 4.74 Å². The summed E-state index contributed by atoms with van der Waals surface area (Å²) in [4.78, 5) is 22.6. The van der Waals surface area contributed by atoms with Crippen LogP contribution in [0.2, 0.25) is 0 Å². The number of carbonyl (C=O) groups is 2. The average molecular weight is 328 g/mol. The average Bonchev–Trinajstić information content (AvgIpc) is 2.46. The van der Waals surface area contributed by atoms with Gasteiger partial charge in [0.15, 0.2) is 0 Å². The molecule has 0 unspecified atom stereocenters. The van der Waals surface area contributed by atoms with Gasteiger partial charge in [0, 0.05) is 19.9 Å². The molecule has 4 nitrogen and oxygen atoms in total. The lowest BCUT2D eigenvalue weighted by atomic mass is 10.0. The molecule has 4 heteroatoms. The zero-order chi connectivity index (χ0) is 17.6. The van der Waals surface area contributed by atoms with Gasteiger partial charge in [-0.3, -0.25) is 9.59 Å². The van der Waals surface area contributed by atoms with Gasteiger partial charge in [-0.05, 0) is 33.6 Å². The fraction of sp³-hybridized carbons (Fsp3) is 0.895. The molecule has 0 saturated carbocycles. The molecule has 0 radical (unpaired) electrons. The number of unbranched alkanes of at least 4 members (excludes halogenated alkanes) is 9. The molecule has 0 atom stereocenters. The van der Waals surface area contributed by atoms with Crippen molar-refractivity contribution in [2.75, 3.05) is 7.05 Å². The van der Waals surface area contributed by atoms with Gasteiger partial charge in [-0.2, -0.15) is 0 Å². The summed E-state index contributed by atoms with van der Waals surface area (Å²) in [6, 6.07) is 0. The minimum absolute atomic E-state index is 0.0748. The maximum Gasteiger partial charge on any atom is 0.306 e. The van der Waals surface area contributed by atoms with E-state index >= 15 is 0 Å². The van der Waals surface area contributed by atoms with Crippen LogP contribution in [0.15, 0.2) is 0 Å².